The molecule has 10 heteroatoms. The molecule has 0 aliphatic carbocycles. The number of H-pyrrole nitrogens is 1. The Bertz CT molecular complexity index is 1390. The summed E-state index contributed by atoms with van der Waals surface area (Å²) in [7, 11) is 0. The Labute approximate surface area is 221 Å². The molecule has 1 amide bonds. The first-order chi connectivity index (χ1) is 18.7. The van der Waals surface area contributed by atoms with Crippen molar-refractivity contribution < 1.29 is 14.6 Å². The predicted octanol–water partition coefficient (Wildman–Crippen LogP) is 3.27. The zero-order valence-electron chi connectivity index (χ0n) is 21.4. The summed E-state index contributed by atoms with van der Waals surface area (Å²) in [5, 5.41) is 26.9. The van der Waals surface area contributed by atoms with Gasteiger partial charge in [0.2, 0.25) is 0 Å². The summed E-state index contributed by atoms with van der Waals surface area (Å²) < 4.78 is 7.05. The third-order valence-corrected chi connectivity index (χ3v) is 7.63. The topological polar surface area (TPSA) is 112 Å². The number of fused-ring (bicyclic) bond motifs is 1. The molecule has 4 aromatic rings. The molecule has 4 heterocycles. The molecule has 2 aliphatic rings. The lowest BCUT2D eigenvalue weighted by molar-refractivity contribution is 0.0303. The van der Waals surface area contributed by atoms with Crippen LogP contribution in [0.25, 0.3) is 28.0 Å². The number of aromatic nitrogens is 5. The molecule has 2 saturated heterocycles. The van der Waals surface area contributed by atoms with E-state index in [-0.39, 0.29) is 12.5 Å². The van der Waals surface area contributed by atoms with Crippen molar-refractivity contribution in [2.45, 2.75) is 25.7 Å². The number of ether oxygens (including phenoxy) is 1. The van der Waals surface area contributed by atoms with Crippen LogP contribution in [0.4, 0.5) is 5.69 Å². The van der Waals surface area contributed by atoms with Crippen molar-refractivity contribution in [2.24, 2.45) is 5.92 Å². The molecule has 198 valence electrons. The first kappa shape index (κ1) is 24.6. The van der Waals surface area contributed by atoms with Gasteiger partial charge in [-0.3, -0.25) is 9.89 Å². The number of aliphatic hydroxyl groups is 1. The zero-order chi connectivity index (χ0) is 25.9. The third kappa shape index (κ3) is 5.01. The second-order valence-corrected chi connectivity index (χ2v) is 10.1. The van der Waals surface area contributed by atoms with Crippen LogP contribution >= 0.6 is 0 Å². The van der Waals surface area contributed by atoms with Gasteiger partial charge >= 0.3 is 0 Å². The second kappa shape index (κ2) is 10.9. The lowest BCUT2D eigenvalue weighted by Gasteiger charge is -2.26. The van der Waals surface area contributed by atoms with Crippen molar-refractivity contribution in [3.63, 3.8) is 0 Å². The van der Waals surface area contributed by atoms with Crippen LogP contribution in [0.15, 0.2) is 48.7 Å². The summed E-state index contributed by atoms with van der Waals surface area (Å²) in [6.07, 6.45) is 6.24. The minimum Gasteiger partial charge on any atom is -0.396 e. The quantitative estimate of drug-likeness (QED) is 0.405. The lowest BCUT2D eigenvalue weighted by atomic mass is 10.00. The fourth-order valence-corrected chi connectivity index (χ4v) is 5.48. The molecule has 0 spiro atoms. The lowest BCUT2D eigenvalue weighted by Crippen LogP contribution is -2.40. The van der Waals surface area contributed by atoms with Crippen molar-refractivity contribution in [3.05, 3.63) is 54.2 Å². The number of carbonyl (C=O) groups is 1. The number of hydrogen-bond acceptors (Lipinski definition) is 7. The van der Waals surface area contributed by atoms with E-state index in [1.54, 1.807) is 4.68 Å². The van der Waals surface area contributed by atoms with Crippen LogP contribution < -0.4 is 4.90 Å². The van der Waals surface area contributed by atoms with Gasteiger partial charge in [0, 0.05) is 49.4 Å². The Morgan fingerprint density at radius 3 is 2.68 bits per heavy atom. The molecule has 1 atom stereocenters. The number of aromatic amines is 1. The predicted molar refractivity (Wildman–Crippen MR) is 144 cm³/mol. The third-order valence-electron chi connectivity index (χ3n) is 7.63. The van der Waals surface area contributed by atoms with Crippen LogP contribution in [0.1, 0.15) is 36.0 Å². The largest absolute Gasteiger partial charge is 0.396 e. The number of morpholine rings is 1. The first-order valence-electron chi connectivity index (χ1n) is 13.4. The van der Waals surface area contributed by atoms with Crippen LogP contribution in [-0.2, 0) is 4.74 Å². The number of nitrogens with zero attached hydrogens (tertiary/aromatic N) is 6. The Balaban J connectivity index is 1.22. The van der Waals surface area contributed by atoms with Crippen LogP contribution in [-0.4, -0.2) is 87.1 Å². The Morgan fingerprint density at radius 1 is 1.05 bits per heavy atom. The molecule has 2 aromatic carbocycles. The molecule has 0 saturated carbocycles. The van der Waals surface area contributed by atoms with Gasteiger partial charge in [0.1, 0.15) is 11.4 Å². The van der Waals surface area contributed by atoms with Gasteiger partial charge in [-0.1, -0.05) is 11.6 Å². The average molecular weight is 516 g/mol. The molecule has 0 bridgehead atoms. The zero-order valence-corrected chi connectivity index (χ0v) is 21.4. The van der Waals surface area contributed by atoms with Crippen LogP contribution in [0.2, 0.25) is 0 Å². The minimum atomic E-state index is 0.0185. The summed E-state index contributed by atoms with van der Waals surface area (Å²) in [4.78, 5) is 17.0. The van der Waals surface area contributed by atoms with E-state index in [2.05, 4.69) is 43.6 Å². The maximum Gasteiger partial charge on any atom is 0.254 e. The molecule has 6 rings (SSSR count). The molecule has 1 unspecified atom stereocenters. The highest BCUT2D eigenvalue weighted by Gasteiger charge is 2.21. The van der Waals surface area contributed by atoms with Crippen molar-refractivity contribution in [1.82, 2.24) is 30.1 Å². The summed E-state index contributed by atoms with van der Waals surface area (Å²) in [5.74, 6) is 0.530. The van der Waals surface area contributed by atoms with Gasteiger partial charge in [-0.05, 0) is 67.6 Å². The fourth-order valence-electron chi connectivity index (χ4n) is 5.48. The van der Waals surface area contributed by atoms with Gasteiger partial charge < -0.3 is 19.6 Å². The van der Waals surface area contributed by atoms with Crippen molar-refractivity contribution in [3.8, 4) is 17.1 Å². The highest BCUT2D eigenvalue weighted by atomic mass is 16.5. The average Bonchev–Trinajstić information content (AvgIpc) is 3.55. The highest BCUT2D eigenvalue weighted by Crippen LogP contribution is 2.31. The Kier molecular flexibility index (Phi) is 7.06. The molecular formula is C28H33N7O3. The van der Waals surface area contributed by atoms with Gasteiger partial charge in [-0.15, -0.1) is 5.10 Å². The van der Waals surface area contributed by atoms with Gasteiger partial charge in [-0.25, -0.2) is 4.68 Å². The molecule has 0 radical (unpaired) electrons. The molecule has 2 aromatic heterocycles. The highest BCUT2D eigenvalue weighted by molar-refractivity contribution is 5.95. The molecule has 10 nitrogen and oxygen atoms in total. The number of nitrogens with one attached hydrogen (secondary N) is 1. The number of hydrogen-bond donors (Lipinski definition) is 2. The van der Waals surface area contributed by atoms with Gasteiger partial charge in [0.05, 0.1) is 30.6 Å². The number of carbonyl (C=O) groups excluding carboxylic acids is 1. The fraction of sp³-hybridized carbons (Fsp3) is 0.429. The van der Waals surface area contributed by atoms with E-state index in [4.69, 9.17) is 4.74 Å². The normalized spacial score (nSPS) is 18.6. The van der Waals surface area contributed by atoms with Crippen LogP contribution in [0, 0.1) is 5.92 Å². The van der Waals surface area contributed by atoms with Crippen LogP contribution in [0.5, 0.6) is 0 Å². The SMILES string of the molecule is O=C(c1ccc(-n2cc(-c3n[nH]c4ccc(N5CCCCC(CCO)C5)cc34)nn2)cc1)N1CCOCC1. The molecule has 2 N–H and O–H groups in total. The summed E-state index contributed by atoms with van der Waals surface area (Å²) in [6.45, 7) is 4.61. The van der Waals surface area contributed by atoms with E-state index in [0.29, 0.717) is 43.5 Å². The summed E-state index contributed by atoms with van der Waals surface area (Å²) >= 11 is 0. The standard InChI is InChI=1S/C28H33N7O3/c36-14-10-20-3-1-2-11-34(18-20)23-8-9-25-24(17-23)27(31-29-25)26-19-35(32-30-26)22-6-4-21(5-7-22)28(37)33-12-15-38-16-13-33/h4-9,17,19-20,36H,1-3,10-16,18H2,(H,29,31). The Morgan fingerprint density at radius 2 is 1.87 bits per heavy atom. The van der Waals surface area contributed by atoms with E-state index in [0.717, 1.165) is 53.9 Å². The van der Waals surface area contributed by atoms with E-state index in [1.165, 1.54) is 12.8 Å². The minimum absolute atomic E-state index is 0.0185. The van der Waals surface area contributed by atoms with Crippen molar-refractivity contribution in [2.75, 3.05) is 50.9 Å². The maximum atomic E-state index is 12.8. The number of benzene rings is 2. The van der Waals surface area contributed by atoms with Crippen LogP contribution in [0.3, 0.4) is 0 Å². The summed E-state index contributed by atoms with van der Waals surface area (Å²) in [6, 6.07) is 13.8. The van der Waals surface area contributed by atoms with Gasteiger partial charge in [0.15, 0.2) is 0 Å². The van der Waals surface area contributed by atoms with E-state index in [1.807, 2.05) is 35.4 Å². The maximum absolute atomic E-state index is 12.8. The van der Waals surface area contributed by atoms with Crippen molar-refractivity contribution in [1.29, 1.82) is 0 Å². The van der Waals surface area contributed by atoms with E-state index < -0.39 is 0 Å². The number of aliphatic hydroxyl groups excluding tert-OH is 1. The first-order valence-corrected chi connectivity index (χ1v) is 13.4. The molecular weight excluding hydrogens is 482 g/mol. The number of amides is 1. The monoisotopic (exact) mass is 515 g/mol. The molecule has 2 aliphatic heterocycles. The Hall–Kier alpha value is -3.76. The van der Waals surface area contributed by atoms with E-state index in [9.17, 15) is 9.90 Å². The smallest absolute Gasteiger partial charge is 0.254 e. The number of anilines is 1. The second-order valence-electron chi connectivity index (χ2n) is 10.1. The van der Waals surface area contributed by atoms with E-state index >= 15 is 0 Å². The van der Waals surface area contributed by atoms with Crippen molar-refractivity contribution >= 4 is 22.5 Å². The van der Waals surface area contributed by atoms with Gasteiger partial charge in [0.25, 0.3) is 5.91 Å². The summed E-state index contributed by atoms with van der Waals surface area (Å²) in [5.41, 5.74) is 5.02. The molecule has 2 fully saturated rings. The van der Waals surface area contributed by atoms with Gasteiger partial charge in [-0.2, -0.15) is 5.10 Å². The molecule has 38 heavy (non-hydrogen) atoms. The number of rotatable bonds is 6.